The SMILES string of the molecule is Cc1cccn2c(CC(=O)N3CCC4(C3)Cn3c(nn(C)c3=O)CO4)cnc12. The van der Waals surface area contributed by atoms with E-state index < -0.39 is 5.60 Å². The highest BCUT2D eigenvalue weighted by Crippen LogP contribution is 2.31. The fourth-order valence-electron chi connectivity index (χ4n) is 4.28. The Kier molecular flexibility index (Phi) is 3.70. The van der Waals surface area contributed by atoms with E-state index in [1.54, 1.807) is 17.8 Å². The molecule has 0 saturated carbocycles. The molecular weight excluding hydrogens is 360 g/mol. The monoisotopic (exact) mass is 382 g/mol. The van der Waals surface area contributed by atoms with Crippen molar-refractivity contribution in [1.82, 2.24) is 28.6 Å². The Labute approximate surface area is 161 Å². The zero-order chi connectivity index (χ0) is 19.5. The average Bonchev–Trinajstić information content (AvgIpc) is 3.35. The van der Waals surface area contributed by atoms with Crippen LogP contribution in [0.2, 0.25) is 0 Å². The predicted molar refractivity (Wildman–Crippen MR) is 99.8 cm³/mol. The molecule has 28 heavy (non-hydrogen) atoms. The molecule has 9 nitrogen and oxygen atoms in total. The maximum atomic E-state index is 12.9. The summed E-state index contributed by atoms with van der Waals surface area (Å²) in [5.74, 6) is 0.692. The summed E-state index contributed by atoms with van der Waals surface area (Å²) in [6, 6.07) is 3.97. The average molecular weight is 382 g/mol. The number of aryl methyl sites for hydroxylation is 2. The van der Waals surface area contributed by atoms with E-state index in [1.807, 2.05) is 34.6 Å². The molecular formula is C19H22N6O3. The molecule has 0 aliphatic carbocycles. The van der Waals surface area contributed by atoms with Crippen molar-refractivity contribution >= 4 is 11.6 Å². The van der Waals surface area contributed by atoms with Crippen LogP contribution in [0.25, 0.3) is 5.65 Å². The van der Waals surface area contributed by atoms with Crippen molar-refractivity contribution in [1.29, 1.82) is 0 Å². The minimum absolute atomic E-state index is 0.0492. The number of carbonyl (C=O) groups excluding carboxylic acids is 1. The molecule has 3 aromatic rings. The number of fused-ring (bicyclic) bond motifs is 2. The number of hydrogen-bond donors (Lipinski definition) is 0. The molecule has 0 N–H and O–H groups in total. The molecule has 1 spiro atoms. The van der Waals surface area contributed by atoms with E-state index in [-0.39, 0.29) is 11.6 Å². The Morgan fingerprint density at radius 2 is 2.21 bits per heavy atom. The number of pyridine rings is 1. The van der Waals surface area contributed by atoms with Gasteiger partial charge < -0.3 is 14.0 Å². The second kappa shape index (κ2) is 6.03. The first kappa shape index (κ1) is 17.2. The lowest BCUT2D eigenvalue weighted by Crippen LogP contribution is -2.47. The molecule has 3 aromatic heterocycles. The van der Waals surface area contributed by atoms with Gasteiger partial charge in [0.15, 0.2) is 5.82 Å². The van der Waals surface area contributed by atoms with Gasteiger partial charge in [-0.1, -0.05) is 6.07 Å². The van der Waals surface area contributed by atoms with Crippen LogP contribution in [0.3, 0.4) is 0 Å². The molecule has 0 aromatic carbocycles. The topological polar surface area (TPSA) is 86.7 Å². The molecule has 0 radical (unpaired) electrons. The molecule has 1 amide bonds. The van der Waals surface area contributed by atoms with Crippen LogP contribution in [0.4, 0.5) is 0 Å². The summed E-state index contributed by atoms with van der Waals surface area (Å²) in [7, 11) is 1.64. The first-order chi connectivity index (χ1) is 13.5. The number of carbonyl (C=O) groups is 1. The van der Waals surface area contributed by atoms with E-state index in [0.717, 1.165) is 16.9 Å². The Bertz CT molecular complexity index is 1140. The van der Waals surface area contributed by atoms with Gasteiger partial charge in [0.1, 0.15) is 17.9 Å². The number of ether oxygens (including phenoxy) is 1. The number of imidazole rings is 1. The highest BCUT2D eigenvalue weighted by molar-refractivity contribution is 5.79. The quantitative estimate of drug-likeness (QED) is 0.636. The fourth-order valence-corrected chi connectivity index (χ4v) is 4.28. The van der Waals surface area contributed by atoms with Gasteiger partial charge in [0.2, 0.25) is 5.91 Å². The highest BCUT2D eigenvalue weighted by Gasteiger charge is 2.44. The van der Waals surface area contributed by atoms with E-state index in [2.05, 4.69) is 10.1 Å². The smallest absolute Gasteiger partial charge is 0.345 e. The van der Waals surface area contributed by atoms with Crippen molar-refractivity contribution in [2.45, 2.75) is 38.5 Å². The normalized spacial score (nSPS) is 21.6. The van der Waals surface area contributed by atoms with E-state index in [0.29, 0.717) is 44.9 Å². The van der Waals surface area contributed by atoms with Crippen molar-refractivity contribution in [3.63, 3.8) is 0 Å². The summed E-state index contributed by atoms with van der Waals surface area (Å²) in [5, 5.41) is 4.20. The van der Waals surface area contributed by atoms with Gasteiger partial charge in [-0.05, 0) is 25.0 Å². The zero-order valence-electron chi connectivity index (χ0n) is 16.0. The van der Waals surface area contributed by atoms with Crippen LogP contribution in [0.15, 0.2) is 29.3 Å². The molecule has 2 aliphatic rings. The summed E-state index contributed by atoms with van der Waals surface area (Å²) in [6.45, 7) is 3.85. The van der Waals surface area contributed by atoms with Gasteiger partial charge in [0, 0.05) is 26.0 Å². The van der Waals surface area contributed by atoms with E-state index in [4.69, 9.17) is 4.74 Å². The van der Waals surface area contributed by atoms with Crippen LogP contribution in [0, 0.1) is 6.92 Å². The highest BCUT2D eigenvalue weighted by atomic mass is 16.5. The standard InChI is InChI=1S/C19H22N6O3/c1-13-4-3-6-24-14(9-20-17(13)24)8-16(26)23-7-5-19(11-23)12-25-15(10-28-19)21-22(2)18(25)27/h3-4,6,9H,5,7-8,10-12H2,1-2H3. The number of likely N-dealkylation sites (tertiary alicyclic amines) is 1. The van der Waals surface area contributed by atoms with E-state index in [1.165, 1.54) is 4.68 Å². The van der Waals surface area contributed by atoms with Gasteiger partial charge in [-0.15, -0.1) is 0 Å². The van der Waals surface area contributed by atoms with Crippen LogP contribution in [-0.4, -0.2) is 53.2 Å². The van der Waals surface area contributed by atoms with E-state index >= 15 is 0 Å². The third-order valence-electron chi connectivity index (χ3n) is 5.85. The second-order valence-corrected chi connectivity index (χ2v) is 7.76. The molecule has 1 fully saturated rings. The van der Waals surface area contributed by atoms with Crippen molar-refractivity contribution in [2.24, 2.45) is 7.05 Å². The van der Waals surface area contributed by atoms with Crippen LogP contribution < -0.4 is 5.69 Å². The van der Waals surface area contributed by atoms with Crippen LogP contribution in [0.1, 0.15) is 23.5 Å². The number of rotatable bonds is 2. The number of nitrogens with zero attached hydrogens (tertiary/aromatic N) is 6. The maximum absolute atomic E-state index is 12.9. The molecule has 9 heteroatoms. The first-order valence-corrected chi connectivity index (χ1v) is 9.42. The van der Waals surface area contributed by atoms with Crippen LogP contribution in [0.5, 0.6) is 0 Å². The summed E-state index contributed by atoms with van der Waals surface area (Å²) in [4.78, 5) is 31.5. The van der Waals surface area contributed by atoms with Gasteiger partial charge in [-0.2, -0.15) is 5.10 Å². The third kappa shape index (κ3) is 2.57. The fraction of sp³-hybridized carbons (Fsp3) is 0.474. The summed E-state index contributed by atoms with van der Waals surface area (Å²) in [6.07, 6.45) is 4.71. The molecule has 1 unspecified atom stereocenters. The molecule has 5 heterocycles. The van der Waals surface area contributed by atoms with Gasteiger partial charge in [-0.25, -0.2) is 14.5 Å². The Hall–Kier alpha value is -2.94. The molecule has 146 valence electrons. The Balaban J connectivity index is 1.33. The Morgan fingerprint density at radius 1 is 1.36 bits per heavy atom. The zero-order valence-corrected chi connectivity index (χ0v) is 16.0. The minimum Gasteiger partial charge on any atom is -0.363 e. The molecule has 2 aliphatic heterocycles. The second-order valence-electron chi connectivity index (χ2n) is 7.76. The lowest BCUT2D eigenvalue weighted by molar-refractivity contribution is -0.132. The molecule has 0 bridgehead atoms. The minimum atomic E-state index is -0.508. The number of hydrogen-bond acceptors (Lipinski definition) is 5. The van der Waals surface area contributed by atoms with Gasteiger partial charge in [0.25, 0.3) is 0 Å². The molecule has 1 atom stereocenters. The summed E-state index contributed by atoms with van der Waals surface area (Å²) >= 11 is 0. The lowest BCUT2D eigenvalue weighted by Gasteiger charge is -2.33. The Morgan fingerprint density at radius 3 is 3.07 bits per heavy atom. The van der Waals surface area contributed by atoms with Gasteiger partial charge in [0.05, 0.1) is 25.2 Å². The van der Waals surface area contributed by atoms with Gasteiger partial charge >= 0.3 is 5.69 Å². The number of aromatic nitrogens is 5. The number of amides is 1. The molecule has 5 rings (SSSR count). The van der Waals surface area contributed by atoms with Crippen molar-refractivity contribution in [3.05, 3.63) is 52.1 Å². The summed E-state index contributed by atoms with van der Waals surface area (Å²) in [5.41, 5.74) is 2.19. The first-order valence-electron chi connectivity index (χ1n) is 9.42. The largest absolute Gasteiger partial charge is 0.363 e. The maximum Gasteiger partial charge on any atom is 0.345 e. The van der Waals surface area contributed by atoms with Gasteiger partial charge in [-0.3, -0.25) is 9.36 Å². The summed E-state index contributed by atoms with van der Waals surface area (Å²) < 4.78 is 11.1. The predicted octanol–water partition coefficient (Wildman–Crippen LogP) is 0.282. The molecule has 1 saturated heterocycles. The lowest BCUT2D eigenvalue weighted by atomic mass is 10.0. The van der Waals surface area contributed by atoms with Crippen molar-refractivity contribution in [3.8, 4) is 0 Å². The van der Waals surface area contributed by atoms with Crippen molar-refractivity contribution in [2.75, 3.05) is 13.1 Å². The van der Waals surface area contributed by atoms with Crippen LogP contribution >= 0.6 is 0 Å². The third-order valence-corrected chi connectivity index (χ3v) is 5.85. The van der Waals surface area contributed by atoms with E-state index in [9.17, 15) is 9.59 Å². The van der Waals surface area contributed by atoms with Crippen molar-refractivity contribution < 1.29 is 9.53 Å². The van der Waals surface area contributed by atoms with Crippen LogP contribution in [-0.2, 0) is 36.2 Å².